The molecule has 0 aliphatic heterocycles. The zero-order valence-electron chi connectivity index (χ0n) is 8.75. The van der Waals surface area contributed by atoms with E-state index in [2.05, 4.69) is 4.18 Å². The molecule has 0 spiro atoms. The molecule has 0 amide bonds. The zero-order valence-corrected chi connectivity index (χ0v) is 9.57. The van der Waals surface area contributed by atoms with Gasteiger partial charge in [-0.05, 0) is 37.2 Å². The van der Waals surface area contributed by atoms with E-state index in [0.717, 1.165) is 19.1 Å². The van der Waals surface area contributed by atoms with Crippen LogP contribution in [-0.4, -0.2) is 13.9 Å². The normalized spacial score (nSPS) is 23.0. The number of halogens is 3. The van der Waals surface area contributed by atoms with E-state index in [1.54, 1.807) is 0 Å². The molecule has 7 heteroatoms. The first-order valence-electron chi connectivity index (χ1n) is 4.90. The molecule has 0 bridgehead atoms. The first-order chi connectivity index (χ1) is 7.22. The van der Waals surface area contributed by atoms with Gasteiger partial charge in [-0.1, -0.05) is 6.92 Å². The van der Waals surface area contributed by atoms with Crippen LogP contribution in [0.1, 0.15) is 32.6 Å². The zero-order chi connectivity index (χ0) is 12.4. The summed E-state index contributed by atoms with van der Waals surface area (Å²) >= 11 is 0. The Morgan fingerprint density at radius 2 is 1.81 bits per heavy atom. The van der Waals surface area contributed by atoms with Gasteiger partial charge in [0.25, 0.3) is 0 Å². The highest BCUT2D eigenvalue weighted by Crippen LogP contribution is 2.29. The Balaban J connectivity index is 2.61. The second-order valence-corrected chi connectivity index (χ2v) is 5.52. The van der Waals surface area contributed by atoms with E-state index < -0.39 is 15.6 Å². The molecule has 1 saturated carbocycles. The molecule has 16 heavy (non-hydrogen) atoms. The summed E-state index contributed by atoms with van der Waals surface area (Å²) in [5.41, 5.74) is -4.74. The molecule has 0 radical (unpaired) electrons. The van der Waals surface area contributed by atoms with Crippen molar-refractivity contribution in [3.05, 3.63) is 11.8 Å². The van der Waals surface area contributed by atoms with E-state index in [9.17, 15) is 21.6 Å². The summed E-state index contributed by atoms with van der Waals surface area (Å²) in [5.74, 6) is 0.524. The third-order valence-electron chi connectivity index (χ3n) is 2.54. The van der Waals surface area contributed by atoms with Gasteiger partial charge in [0, 0.05) is 0 Å². The number of alkyl halides is 3. The molecule has 0 saturated heterocycles. The quantitative estimate of drug-likeness (QED) is 0.331. The van der Waals surface area contributed by atoms with Gasteiger partial charge in [-0.25, -0.2) is 0 Å². The van der Waals surface area contributed by atoms with Crippen LogP contribution in [0.15, 0.2) is 11.8 Å². The van der Waals surface area contributed by atoms with Crippen LogP contribution < -0.4 is 0 Å². The fraction of sp³-hybridized carbons (Fsp3) is 0.778. The Hall–Kier alpha value is -0.720. The molecular formula is C9H13F3O3S. The Labute approximate surface area is 92.4 Å². The maximum atomic E-state index is 11.9. The molecule has 1 rings (SSSR count). The Kier molecular flexibility index (Phi) is 3.88. The fourth-order valence-corrected chi connectivity index (χ4v) is 1.81. The lowest BCUT2D eigenvalue weighted by Crippen LogP contribution is -2.24. The van der Waals surface area contributed by atoms with E-state index in [-0.39, 0.29) is 0 Å². The second kappa shape index (κ2) is 4.65. The minimum Gasteiger partial charge on any atom is -0.384 e. The number of allylic oxidation sites excluding steroid dienone is 1. The molecule has 0 aromatic carbocycles. The largest absolute Gasteiger partial charge is 0.534 e. The van der Waals surface area contributed by atoms with Gasteiger partial charge < -0.3 is 4.18 Å². The van der Waals surface area contributed by atoms with Crippen LogP contribution in [0, 0.1) is 5.92 Å². The minimum absolute atomic E-state index is 0.524. The molecule has 0 aromatic rings. The van der Waals surface area contributed by atoms with Gasteiger partial charge in [-0.15, -0.1) is 0 Å². The molecule has 0 aromatic heterocycles. The standard InChI is InChI=1S/C9H13F3O3S/c1-7-2-4-8(5-3-7)6-15-16(13,14)9(10,11)12/h6-7H,2-5H2,1H3/i6+1. The first kappa shape index (κ1) is 13.3. The molecule has 0 atom stereocenters. The van der Waals surface area contributed by atoms with Crippen molar-refractivity contribution in [3.8, 4) is 0 Å². The van der Waals surface area contributed by atoms with Crippen LogP contribution in [0.2, 0.25) is 0 Å². The number of hydrogen-bond donors (Lipinski definition) is 0. The fourth-order valence-electron chi connectivity index (χ4n) is 1.44. The minimum atomic E-state index is -5.49. The molecular weight excluding hydrogens is 246 g/mol. The van der Waals surface area contributed by atoms with Gasteiger partial charge in [0.15, 0.2) is 0 Å². The molecule has 1 aliphatic rings. The molecule has 1 aliphatic carbocycles. The van der Waals surface area contributed by atoms with Gasteiger partial charge in [-0.3, -0.25) is 0 Å². The summed E-state index contributed by atoms with van der Waals surface area (Å²) in [6, 6.07) is 0. The van der Waals surface area contributed by atoms with Gasteiger partial charge >= 0.3 is 15.6 Å². The third kappa shape index (κ3) is 3.40. The van der Waals surface area contributed by atoms with E-state index in [4.69, 9.17) is 0 Å². The highest BCUT2D eigenvalue weighted by Gasteiger charge is 2.48. The average Bonchev–Trinajstić information content (AvgIpc) is 2.15. The average molecular weight is 259 g/mol. The predicted molar refractivity (Wildman–Crippen MR) is 51.8 cm³/mol. The summed E-state index contributed by atoms with van der Waals surface area (Å²) in [5, 5.41) is 0. The van der Waals surface area contributed by atoms with Gasteiger partial charge in [-0.2, -0.15) is 21.6 Å². The van der Waals surface area contributed by atoms with Crippen LogP contribution >= 0.6 is 0 Å². The van der Waals surface area contributed by atoms with Crippen LogP contribution in [0.3, 0.4) is 0 Å². The third-order valence-corrected chi connectivity index (χ3v) is 3.46. The lowest BCUT2D eigenvalue weighted by atomic mass is 9.89. The smallest absolute Gasteiger partial charge is 0.384 e. The van der Waals surface area contributed by atoms with Gasteiger partial charge in [0.05, 0.1) is 0 Å². The second-order valence-electron chi connectivity index (χ2n) is 3.95. The summed E-state index contributed by atoms with van der Waals surface area (Å²) in [6.07, 6.45) is 3.61. The van der Waals surface area contributed by atoms with Crippen LogP contribution in [-0.2, 0) is 14.3 Å². The molecule has 1 fully saturated rings. The van der Waals surface area contributed by atoms with Crippen molar-refractivity contribution >= 4 is 10.1 Å². The van der Waals surface area contributed by atoms with Crippen LogP contribution in [0.4, 0.5) is 13.2 Å². The maximum Gasteiger partial charge on any atom is 0.534 e. The predicted octanol–water partition coefficient (Wildman–Crippen LogP) is 2.95. The number of rotatable bonds is 2. The van der Waals surface area contributed by atoms with Gasteiger partial charge in [0.1, 0.15) is 6.26 Å². The lowest BCUT2D eigenvalue weighted by Gasteiger charge is -2.19. The van der Waals surface area contributed by atoms with E-state index >= 15 is 0 Å². The molecule has 0 heterocycles. The number of hydrogen-bond acceptors (Lipinski definition) is 3. The molecule has 0 unspecified atom stereocenters. The van der Waals surface area contributed by atoms with Crippen LogP contribution in [0.5, 0.6) is 0 Å². The molecule has 94 valence electrons. The summed E-state index contributed by atoms with van der Waals surface area (Å²) < 4.78 is 60.7. The van der Waals surface area contributed by atoms with Crippen molar-refractivity contribution in [2.45, 2.75) is 38.1 Å². The van der Waals surface area contributed by atoms with Crippen molar-refractivity contribution in [1.29, 1.82) is 0 Å². The molecule has 3 nitrogen and oxygen atoms in total. The lowest BCUT2D eigenvalue weighted by molar-refractivity contribution is -0.0515. The van der Waals surface area contributed by atoms with Gasteiger partial charge in [0.2, 0.25) is 0 Å². The topological polar surface area (TPSA) is 43.4 Å². The highest BCUT2D eigenvalue weighted by atomic mass is 32.2. The van der Waals surface area contributed by atoms with Crippen molar-refractivity contribution in [2.75, 3.05) is 0 Å². The summed E-state index contributed by atoms with van der Waals surface area (Å²) in [6.45, 7) is 2.05. The van der Waals surface area contributed by atoms with Crippen molar-refractivity contribution in [1.82, 2.24) is 0 Å². The Morgan fingerprint density at radius 3 is 2.25 bits per heavy atom. The van der Waals surface area contributed by atoms with Crippen molar-refractivity contribution in [2.24, 2.45) is 5.92 Å². The highest BCUT2D eigenvalue weighted by molar-refractivity contribution is 7.87. The van der Waals surface area contributed by atoms with Crippen molar-refractivity contribution < 1.29 is 25.8 Å². The van der Waals surface area contributed by atoms with Crippen molar-refractivity contribution in [3.63, 3.8) is 0 Å². The monoisotopic (exact) mass is 259 g/mol. The maximum absolute atomic E-state index is 11.9. The Morgan fingerprint density at radius 1 is 1.31 bits per heavy atom. The SMILES string of the molecule is CC1CCC(=[13CH]OS(=O)(=O)C(F)(F)F)CC1. The van der Waals surface area contributed by atoms with Crippen LogP contribution in [0.25, 0.3) is 0 Å². The molecule has 0 N–H and O–H groups in total. The van der Waals surface area contributed by atoms with E-state index in [0.29, 0.717) is 24.3 Å². The Bertz CT molecular complexity index is 360. The summed E-state index contributed by atoms with van der Waals surface area (Å²) in [7, 11) is -5.49. The van der Waals surface area contributed by atoms with E-state index in [1.165, 1.54) is 0 Å². The summed E-state index contributed by atoms with van der Waals surface area (Å²) in [4.78, 5) is 0. The van der Waals surface area contributed by atoms with E-state index in [1.807, 2.05) is 6.92 Å². The first-order valence-corrected chi connectivity index (χ1v) is 6.30.